The van der Waals surface area contributed by atoms with Crippen LogP contribution < -0.4 is 0 Å². The standard InChI is InChI=1S/C22H24F2/c1-5-6-9-15(2)18-11-7-10-16(3)20(18)14-17(4)19-12-8-13-21(23)22(19)24/h7-14H,5-6H2,1-4H3/b15-9+,17-14+. The normalized spacial score (nSPS) is 12.6. The van der Waals surface area contributed by atoms with E-state index in [0.29, 0.717) is 11.1 Å². The van der Waals surface area contributed by atoms with Gasteiger partial charge in [-0.3, -0.25) is 0 Å². The summed E-state index contributed by atoms with van der Waals surface area (Å²) in [6.45, 7) is 8.11. The number of rotatable bonds is 5. The number of benzene rings is 2. The van der Waals surface area contributed by atoms with E-state index in [9.17, 15) is 8.78 Å². The van der Waals surface area contributed by atoms with Crippen molar-refractivity contribution in [3.8, 4) is 0 Å². The molecule has 2 aromatic carbocycles. The van der Waals surface area contributed by atoms with Gasteiger partial charge < -0.3 is 0 Å². The van der Waals surface area contributed by atoms with Gasteiger partial charge in [0.05, 0.1) is 0 Å². The van der Waals surface area contributed by atoms with Gasteiger partial charge in [0.2, 0.25) is 0 Å². The van der Waals surface area contributed by atoms with E-state index in [1.165, 1.54) is 11.6 Å². The van der Waals surface area contributed by atoms with E-state index < -0.39 is 11.6 Å². The van der Waals surface area contributed by atoms with Crippen LogP contribution in [0.1, 0.15) is 55.9 Å². The second-order valence-electron chi connectivity index (χ2n) is 6.14. The highest BCUT2D eigenvalue weighted by molar-refractivity contribution is 5.86. The Hall–Kier alpha value is -2.22. The molecule has 126 valence electrons. The lowest BCUT2D eigenvalue weighted by atomic mass is 9.93. The van der Waals surface area contributed by atoms with E-state index >= 15 is 0 Å². The largest absolute Gasteiger partial charge is 0.204 e. The fourth-order valence-electron chi connectivity index (χ4n) is 2.79. The molecule has 0 aliphatic carbocycles. The van der Waals surface area contributed by atoms with Gasteiger partial charge in [-0.05, 0) is 61.1 Å². The van der Waals surface area contributed by atoms with Crippen LogP contribution >= 0.6 is 0 Å². The average Bonchev–Trinajstić information content (AvgIpc) is 2.56. The lowest BCUT2D eigenvalue weighted by Crippen LogP contribution is -1.94. The SMILES string of the molecule is CCC/C=C(\C)c1cccc(C)c1/C=C(\C)c1cccc(F)c1F. The summed E-state index contributed by atoms with van der Waals surface area (Å²) in [5.41, 5.74) is 5.54. The Kier molecular flexibility index (Phi) is 6.08. The predicted octanol–water partition coefficient (Wildman–Crippen LogP) is 7.04. The minimum Gasteiger partial charge on any atom is -0.204 e. The van der Waals surface area contributed by atoms with E-state index in [2.05, 4.69) is 26.0 Å². The van der Waals surface area contributed by atoms with Crippen molar-refractivity contribution in [3.63, 3.8) is 0 Å². The molecule has 0 saturated heterocycles. The van der Waals surface area contributed by atoms with Crippen LogP contribution in [0.3, 0.4) is 0 Å². The zero-order valence-corrected chi connectivity index (χ0v) is 14.8. The van der Waals surface area contributed by atoms with Gasteiger partial charge in [-0.25, -0.2) is 8.78 Å². The van der Waals surface area contributed by atoms with Crippen molar-refractivity contribution in [2.24, 2.45) is 0 Å². The highest BCUT2D eigenvalue weighted by atomic mass is 19.2. The minimum atomic E-state index is -0.815. The Morgan fingerprint density at radius 3 is 2.33 bits per heavy atom. The van der Waals surface area contributed by atoms with Gasteiger partial charge in [-0.2, -0.15) is 0 Å². The fraction of sp³-hybridized carbons (Fsp3) is 0.273. The third-order valence-corrected chi connectivity index (χ3v) is 4.23. The van der Waals surface area contributed by atoms with Crippen LogP contribution in [0.4, 0.5) is 8.78 Å². The van der Waals surface area contributed by atoms with Crippen molar-refractivity contribution in [1.82, 2.24) is 0 Å². The van der Waals surface area contributed by atoms with Gasteiger partial charge in [0.1, 0.15) is 0 Å². The van der Waals surface area contributed by atoms with Crippen molar-refractivity contribution >= 4 is 17.2 Å². The lowest BCUT2D eigenvalue weighted by molar-refractivity contribution is 0.506. The first-order valence-electron chi connectivity index (χ1n) is 8.35. The van der Waals surface area contributed by atoms with Gasteiger partial charge in [0.25, 0.3) is 0 Å². The monoisotopic (exact) mass is 326 g/mol. The summed E-state index contributed by atoms with van der Waals surface area (Å²) >= 11 is 0. The Balaban J connectivity index is 2.54. The Morgan fingerprint density at radius 2 is 1.62 bits per heavy atom. The molecule has 0 heterocycles. The first-order chi connectivity index (χ1) is 11.5. The van der Waals surface area contributed by atoms with Crippen LogP contribution in [0.2, 0.25) is 0 Å². The number of unbranched alkanes of at least 4 members (excludes halogenated alkanes) is 1. The third kappa shape index (κ3) is 4.00. The zero-order valence-electron chi connectivity index (χ0n) is 14.8. The van der Waals surface area contributed by atoms with Crippen molar-refractivity contribution < 1.29 is 8.78 Å². The molecule has 2 rings (SSSR count). The number of aryl methyl sites for hydroxylation is 1. The topological polar surface area (TPSA) is 0 Å². The van der Waals surface area contributed by atoms with Gasteiger partial charge in [-0.15, -0.1) is 0 Å². The zero-order chi connectivity index (χ0) is 17.7. The van der Waals surface area contributed by atoms with E-state index in [1.807, 2.05) is 32.1 Å². The summed E-state index contributed by atoms with van der Waals surface area (Å²) in [5.74, 6) is -1.61. The van der Waals surface area contributed by atoms with Crippen molar-refractivity contribution in [3.05, 3.63) is 76.4 Å². The van der Waals surface area contributed by atoms with Crippen molar-refractivity contribution in [2.75, 3.05) is 0 Å². The quantitative estimate of drug-likeness (QED) is 0.517. The number of halogens is 2. The second-order valence-corrected chi connectivity index (χ2v) is 6.14. The highest BCUT2D eigenvalue weighted by Gasteiger charge is 2.11. The Labute approximate surface area is 143 Å². The van der Waals surface area contributed by atoms with Crippen molar-refractivity contribution in [2.45, 2.75) is 40.5 Å². The maximum absolute atomic E-state index is 14.1. The first kappa shape index (κ1) is 18.1. The first-order valence-corrected chi connectivity index (χ1v) is 8.35. The molecule has 24 heavy (non-hydrogen) atoms. The molecule has 2 aromatic rings. The maximum Gasteiger partial charge on any atom is 0.166 e. The van der Waals surface area contributed by atoms with Crippen molar-refractivity contribution in [1.29, 1.82) is 0 Å². The number of allylic oxidation sites excluding steroid dienone is 3. The smallest absolute Gasteiger partial charge is 0.166 e. The third-order valence-electron chi connectivity index (χ3n) is 4.23. The Morgan fingerprint density at radius 1 is 0.958 bits per heavy atom. The lowest BCUT2D eigenvalue weighted by Gasteiger charge is -2.12. The molecule has 0 radical (unpaired) electrons. The fourth-order valence-corrected chi connectivity index (χ4v) is 2.79. The maximum atomic E-state index is 14.1. The van der Waals surface area contributed by atoms with Gasteiger partial charge in [0.15, 0.2) is 11.6 Å². The second kappa shape index (κ2) is 8.05. The molecular formula is C22H24F2. The predicted molar refractivity (Wildman–Crippen MR) is 99.6 cm³/mol. The summed E-state index contributed by atoms with van der Waals surface area (Å²) in [4.78, 5) is 0. The molecule has 0 spiro atoms. The summed E-state index contributed by atoms with van der Waals surface area (Å²) < 4.78 is 27.5. The van der Waals surface area contributed by atoms with E-state index in [0.717, 1.165) is 35.6 Å². The summed E-state index contributed by atoms with van der Waals surface area (Å²) in [5, 5.41) is 0. The molecule has 2 heteroatoms. The van der Waals surface area contributed by atoms with Gasteiger partial charge in [-0.1, -0.05) is 55.8 Å². The average molecular weight is 326 g/mol. The highest BCUT2D eigenvalue weighted by Crippen LogP contribution is 2.28. The van der Waals surface area contributed by atoms with Gasteiger partial charge in [0, 0.05) is 5.56 Å². The molecular weight excluding hydrogens is 302 g/mol. The van der Waals surface area contributed by atoms with Gasteiger partial charge >= 0.3 is 0 Å². The van der Waals surface area contributed by atoms with Crippen LogP contribution in [0.25, 0.3) is 17.2 Å². The number of hydrogen-bond donors (Lipinski definition) is 0. The van der Waals surface area contributed by atoms with Crippen LogP contribution in [-0.2, 0) is 0 Å². The summed E-state index contributed by atoms with van der Waals surface area (Å²) in [6.07, 6.45) is 6.30. The molecule has 0 unspecified atom stereocenters. The molecule has 0 bridgehead atoms. The number of hydrogen-bond acceptors (Lipinski definition) is 0. The van der Waals surface area contributed by atoms with E-state index in [-0.39, 0.29) is 0 Å². The van der Waals surface area contributed by atoms with E-state index in [4.69, 9.17) is 0 Å². The molecule has 0 fully saturated rings. The Bertz CT molecular complexity index is 783. The van der Waals surface area contributed by atoms with Crippen LogP contribution in [0, 0.1) is 18.6 Å². The molecule has 0 aliphatic heterocycles. The molecule has 0 aliphatic rings. The molecule has 0 aromatic heterocycles. The molecule has 0 nitrogen and oxygen atoms in total. The molecule has 0 amide bonds. The molecule has 0 N–H and O–H groups in total. The molecule has 0 saturated carbocycles. The van der Waals surface area contributed by atoms with Crippen LogP contribution in [0.5, 0.6) is 0 Å². The van der Waals surface area contributed by atoms with E-state index in [1.54, 1.807) is 6.07 Å². The summed E-state index contributed by atoms with van der Waals surface area (Å²) in [7, 11) is 0. The molecule has 0 atom stereocenters. The minimum absolute atomic E-state index is 0.305. The summed E-state index contributed by atoms with van der Waals surface area (Å²) in [6, 6.07) is 10.4. The van der Waals surface area contributed by atoms with Crippen LogP contribution in [0.15, 0.2) is 42.5 Å². The van der Waals surface area contributed by atoms with Crippen LogP contribution in [-0.4, -0.2) is 0 Å².